The number of hydrogen-bond acceptors (Lipinski definition) is 5. The Morgan fingerprint density at radius 3 is 2.66 bits per heavy atom. The third-order valence-corrected chi connectivity index (χ3v) is 7.14. The first kappa shape index (κ1) is 19.5. The Labute approximate surface area is 176 Å². The summed E-state index contributed by atoms with van der Waals surface area (Å²) in [6, 6.07) is 14.6. The van der Waals surface area contributed by atoms with Gasteiger partial charge in [0.25, 0.3) is 0 Å². The summed E-state index contributed by atoms with van der Waals surface area (Å²) in [7, 11) is 0. The van der Waals surface area contributed by atoms with E-state index in [9.17, 15) is 10.1 Å². The van der Waals surface area contributed by atoms with Gasteiger partial charge in [0.1, 0.15) is 5.82 Å². The first-order valence-electron chi connectivity index (χ1n) is 10.2. The summed E-state index contributed by atoms with van der Waals surface area (Å²) in [6.07, 6.45) is 3.93. The van der Waals surface area contributed by atoms with Crippen LogP contribution in [0.3, 0.4) is 0 Å². The predicted octanol–water partition coefficient (Wildman–Crippen LogP) is 5.18. The third kappa shape index (κ3) is 3.18. The van der Waals surface area contributed by atoms with E-state index >= 15 is 0 Å². The Morgan fingerprint density at radius 1 is 1.17 bits per heavy atom. The highest BCUT2D eigenvalue weighted by Crippen LogP contribution is 2.48. The molecular weight excluding hydrogens is 378 g/mol. The largest absolute Gasteiger partial charge is 0.384 e. The molecule has 148 valence electrons. The van der Waals surface area contributed by atoms with E-state index in [4.69, 9.17) is 5.73 Å². The molecule has 1 aromatic carbocycles. The molecule has 0 spiro atoms. The van der Waals surface area contributed by atoms with Crippen LogP contribution >= 0.6 is 11.3 Å². The van der Waals surface area contributed by atoms with Gasteiger partial charge in [-0.3, -0.25) is 9.69 Å². The molecule has 0 bridgehead atoms. The van der Waals surface area contributed by atoms with Gasteiger partial charge in [0.2, 0.25) is 0 Å². The van der Waals surface area contributed by atoms with Crippen LogP contribution in [0.4, 0.5) is 5.69 Å². The third-order valence-electron chi connectivity index (χ3n) is 5.84. The number of Topliss-reactive ketones (excluding diaryl/α,β-unsaturated/α-hetero) is 1. The van der Waals surface area contributed by atoms with E-state index < -0.39 is 0 Å². The lowest BCUT2D eigenvalue weighted by Crippen LogP contribution is -2.39. The number of nitriles is 1. The number of hydrogen-bond donors (Lipinski definition) is 1. The normalized spacial score (nSPS) is 19.4. The Bertz CT molecular complexity index is 1070. The van der Waals surface area contributed by atoms with Crippen molar-refractivity contribution in [2.45, 2.75) is 51.9 Å². The summed E-state index contributed by atoms with van der Waals surface area (Å²) in [6.45, 7) is 4.22. The zero-order chi connectivity index (χ0) is 20.5. The van der Waals surface area contributed by atoms with Gasteiger partial charge in [0.15, 0.2) is 5.78 Å². The molecule has 4 rings (SSSR count). The van der Waals surface area contributed by atoms with E-state index in [1.165, 1.54) is 4.88 Å². The Hall–Kier alpha value is -2.84. The fourth-order valence-electron chi connectivity index (χ4n) is 4.41. The molecular formula is C24H25N3OS. The highest BCUT2D eigenvalue weighted by Gasteiger charge is 2.41. The molecule has 1 atom stereocenters. The minimum Gasteiger partial charge on any atom is -0.384 e. The smallest absolute Gasteiger partial charge is 0.161 e. The molecule has 1 unspecified atom stereocenters. The molecule has 0 radical (unpaired) electrons. The average Bonchev–Trinajstić information content (AvgIpc) is 3.22. The van der Waals surface area contributed by atoms with Crippen molar-refractivity contribution in [2.24, 2.45) is 5.73 Å². The maximum Gasteiger partial charge on any atom is 0.161 e. The minimum atomic E-state index is -0.349. The summed E-state index contributed by atoms with van der Waals surface area (Å²) in [5, 5.41) is 10.1. The second-order valence-corrected chi connectivity index (χ2v) is 8.66. The molecule has 0 fully saturated rings. The molecule has 1 aliphatic carbocycles. The van der Waals surface area contributed by atoms with Gasteiger partial charge >= 0.3 is 0 Å². The van der Waals surface area contributed by atoms with E-state index in [0.717, 1.165) is 53.1 Å². The van der Waals surface area contributed by atoms with Crippen LogP contribution in [0, 0.1) is 11.3 Å². The summed E-state index contributed by atoms with van der Waals surface area (Å²) in [5.74, 6) is 0.248. The fourth-order valence-corrected chi connectivity index (χ4v) is 5.49. The van der Waals surface area contributed by atoms with Crippen molar-refractivity contribution in [3.63, 3.8) is 0 Å². The van der Waals surface area contributed by atoms with Gasteiger partial charge in [0, 0.05) is 27.4 Å². The summed E-state index contributed by atoms with van der Waals surface area (Å²) >= 11 is 1.68. The van der Waals surface area contributed by atoms with Gasteiger partial charge in [-0.25, -0.2) is 0 Å². The molecule has 5 heteroatoms. The van der Waals surface area contributed by atoms with Crippen LogP contribution in [-0.2, 0) is 17.6 Å². The van der Waals surface area contributed by atoms with Crippen molar-refractivity contribution >= 4 is 22.8 Å². The number of anilines is 1. The number of carbonyl (C=O) groups excluding carboxylic acids is 1. The van der Waals surface area contributed by atoms with Gasteiger partial charge in [-0.2, -0.15) is 5.26 Å². The molecule has 0 amide bonds. The predicted molar refractivity (Wildman–Crippen MR) is 117 cm³/mol. The number of nitrogens with two attached hydrogens (primary N) is 1. The topological polar surface area (TPSA) is 70.1 Å². The summed E-state index contributed by atoms with van der Waals surface area (Å²) < 4.78 is 0. The fraction of sp³-hybridized carbons (Fsp3) is 0.333. The van der Waals surface area contributed by atoms with E-state index in [0.29, 0.717) is 17.8 Å². The summed E-state index contributed by atoms with van der Waals surface area (Å²) in [4.78, 5) is 17.4. The van der Waals surface area contributed by atoms with Crippen LogP contribution < -0.4 is 10.6 Å². The number of thiophene rings is 1. The second kappa shape index (κ2) is 7.88. The first-order valence-corrected chi connectivity index (χ1v) is 11.0. The maximum absolute atomic E-state index is 13.1. The van der Waals surface area contributed by atoms with E-state index in [1.807, 2.05) is 23.1 Å². The molecule has 1 aromatic heterocycles. The maximum atomic E-state index is 13.1. The molecule has 2 aliphatic rings. The van der Waals surface area contributed by atoms with Gasteiger partial charge in [-0.15, -0.1) is 11.3 Å². The monoisotopic (exact) mass is 403 g/mol. The van der Waals surface area contributed by atoms with Crippen LogP contribution in [-0.4, -0.2) is 5.78 Å². The molecule has 2 aromatic rings. The molecule has 0 saturated heterocycles. The van der Waals surface area contributed by atoms with Gasteiger partial charge < -0.3 is 5.73 Å². The van der Waals surface area contributed by atoms with Crippen molar-refractivity contribution in [1.82, 2.24) is 0 Å². The lowest BCUT2D eigenvalue weighted by Gasteiger charge is -2.40. The number of rotatable bonds is 4. The molecule has 29 heavy (non-hydrogen) atoms. The van der Waals surface area contributed by atoms with Crippen LogP contribution in [0.2, 0.25) is 0 Å². The highest BCUT2D eigenvalue weighted by molar-refractivity contribution is 7.12. The quantitative estimate of drug-likeness (QED) is 0.764. The number of carbonyl (C=O) groups is 1. The van der Waals surface area contributed by atoms with Gasteiger partial charge in [0.05, 0.1) is 23.2 Å². The zero-order valence-electron chi connectivity index (χ0n) is 16.9. The average molecular weight is 404 g/mol. The molecule has 1 aliphatic heterocycles. The van der Waals surface area contributed by atoms with Crippen molar-refractivity contribution in [2.75, 3.05) is 4.90 Å². The molecule has 2 N–H and O–H groups in total. The minimum absolute atomic E-state index is 0.141. The number of ketones is 1. The van der Waals surface area contributed by atoms with Crippen LogP contribution in [0.15, 0.2) is 59.1 Å². The van der Waals surface area contributed by atoms with Gasteiger partial charge in [-0.05, 0) is 49.4 Å². The van der Waals surface area contributed by atoms with Gasteiger partial charge in [-0.1, -0.05) is 32.0 Å². The van der Waals surface area contributed by atoms with E-state index in [1.54, 1.807) is 11.3 Å². The van der Waals surface area contributed by atoms with E-state index in [-0.39, 0.29) is 11.7 Å². The second-order valence-electron chi connectivity index (χ2n) is 7.46. The Balaban J connectivity index is 1.97. The van der Waals surface area contributed by atoms with Crippen molar-refractivity contribution in [1.29, 1.82) is 5.26 Å². The van der Waals surface area contributed by atoms with Crippen LogP contribution in [0.1, 0.15) is 54.3 Å². The van der Waals surface area contributed by atoms with E-state index in [2.05, 4.69) is 38.1 Å². The number of nitrogens with zero attached hydrogens (tertiary/aromatic N) is 2. The SMILES string of the molecule is CCc1ccc(C2C(C#N)=C(N)N(c3ccccc3CC)C3=C2C(=O)CCC3)s1. The van der Waals surface area contributed by atoms with Crippen LogP contribution in [0.25, 0.3) is 0 Å². The molecule has 0 saturated carbocycles. The van der Waals surface area contributed by atoms with Crippen LogP contribution in [0.5, 0.6) is 0 Å². The summed E-state index contributed by atoms with van der Waals surface area (Å²) in [5.41, 5.74) is 11.0. The zero-order valence-corrected chi connectivity index (χ0v) is 17.7. The number of aryl methyl sites for hydroxylation is 2. The van der Waals surface area contributed by atoms with Crippen molar-refractivity contribution in [3.8, 4) is 6.07 Å². The molecule has 2 heterocycles. The Kier molecular flexibility index (Phi) is 5.29. The molecule has 4 nitrogen and oxygen atoms in total. The van der Waals surface area contributed by atoms with Crippen molar-refractivity contribution < 1.29 is 4.79 Å². The van der Waals surface area contributed by atoms with Crippen molar-refractivity contribution in [3.05, 3.63) is 74.4 Å². The lowest BCUT2D eigenvalue weighted by atomic mass is 9.78. The number of benzene rings is 1. The number of para-hydroxylation sites is 1. The number of allylic oxidation sites excluding steroid dienone is 3. The Morgan fingerprint density at radius 2 is 1.97 bits per heavy atom. The highest BCUT2D eigenvalue weighted by atomic mass is 32.1. The first-order chi connectivity index (χ1) is 14.1. The standard InChI is InChI=1S/C24H25N3OS/c1-3-15-8-5-6-9-18(15)27-19-10-7-11-20(28)23(19)22(17(14-25)24(27)26)21-13-12-16(4-2)29-21/h5-6,8-9,12-13,22H,3-4,7,10-11,26H2,1-2H3. The lowest BCUT2D eigenvalue weighted by molar-refractivity contribution is -0.116.